The topological polar surface area (TPSA) is 55.6 Å². The van der Waals surface area contributed by atoms with Crippen molar-refractivity contribution < 1.29 is 18.3 Å². The smallest absolute Gasteiger partial charge is 0.410 e. The molecule has 17 heavy (non-hydrogen) atoms. The van der Waals surface area contributed by atoms with Crippen molar-refractivity contribution in [1.82, 2.24) is 4.90 Å². The Kier molecular flexibility index (Phi) is 3.96. The summed E-state index contributed by atoms with van der Waals surface area (Å²) in [6, 6.07) is -0.523. The number of carbonyl (C=O) groups is 1. The van der Waals surface area contributed by atoms with E-state index in [1.54, 1.807) is 20.8 Å². The molecule has 0 aromatic rings. The van der Waals surface area contributed by atoms with Gasteiger partial charge in [0.2, 0.25) is 0 Å². The fourth-order valence-corrected chi connectivity index (χ4v) is 1.88. The molecular weight excluding hydrogens is 230 g/mol. The van der Waals surface area contributed by atoms with Crippen molar-refractivity contribution in [3.8, 4) is 0 Å². The molecule has 0 spiro atoms. The van der Waals surface area contributed by atoms with E-state index in [-0.39, 0.29) is 13.0 Å². The number of carbonyl (C=O) groups excluding carboxylic acids is 1. The summed E-state index contributed by atoms with van der Waals surface area (Å²) in [5.74, 6) is -2.84. The van der Waals surface area contributed by atoms with E-state index in [1.165, 1.54) is 0 Å². The number of nitrogens with zero attached hydrogens (tertiary/aromatic N) is 1. The van der Waals surface area contributed by atoms with Crippen LogP contribution in [-0.4, -0.2) is 41.6 Å². The second-order valence-electron chi connectivity index (χ2n) is 5.40. The van der Waals surface area contributed by atoms with Gasteiger partial charge in [0.1, 0.15) is 5.60 Å². The first-order chi connectivity index (χ1) is 7.64. The number of hydrogen-bond donors (Lipinski definition) is 1. The van der Waals surface area contributed by atoms with Gasteiger partial charge in [-0.1, -0.05) is 0 Å². The fraction of sp³-hybridized carbons (Fsp3) is 0.909. The second kappa shape index (κ2) is 4.76. The first-order valence-corrected chi connectivity index (χ1v) is 5.72. The van der Waals surface area contributed by atoms with Gasteiger partial charge in [-0.25, -0.2) is 13.6 Å². The normalized spacial score (nSPS) is 23.9. The highest BCUT2D eigenvalue weighted by molar-refractivity contribution is 5.69. The predicted octanol–water partition coefficient (Wildman–Crippen LogP) is 1.98. The molecule has 100 valence electrons. The summed E-state index contributed by atoms with van der Waals surface area (Å²) >= 11 is 0. The van der Waals surface area contributed by atoms with Crippen molar-refractivity contribution in [2.75, 3.05) is 13.1 Å². The number of nitrogens with two attached hydrogens (primary N) is 1. The fourth-order valence-electron chi connectivity index (χ4n) is 1.88. The summed E-state index contributed by atoms with van der Waals surface area (Å²) in [6.07, 6.45) is -0.647. The first kappa shape index (κ1) is 14.2. The summed E-state index contributed by atoms with van der Waals surface area (Å²) in [5, 5.41) is 0. The van der Waals surface area contributed by atoms with Gasteiger partial charge in [-0.2, -0.15) is 0 Å². The number of hydrogen-bond acceptors (Lipinski definition) is 3. The molecule has 0 aliphatic carbocycles. The Labute approximate surface area is 100 Å². The van der Waals surface area contributed by atoms with Crippen LogP contribution in [-0.2, 0) is 4.74 Å². The molecule has 0 bridgehead atoms. The number of ether oxygens (including phenoxy) is 1. The summed E-state index contributed by atoms with van der Waals surface area (Å²) in [5.41, 5.74) is 4.68. The lowest BCUT2D eigenvalue weighted by Gasteiger charge is -2.27. The quantitative estimate of drug-likeness (QED) is 0.815. The minimum atomic E-state index is -2.84. The predicted molar refractivity (Wildman–Crippen MR) is 60.0 cm³/mol. The molecule has 1 fully saturated rings. The van der Waals surface area contributed by atoms with E-state index in [1.807, 2.05) is 0 Å². The molecule has 2 N–H and O–H groups in total. The lowest BCUT2D eigenvalue weighted by molar-refractivity contribution is -0.00244. The van der Waals surface area contributed by atoms with Crippen LogP contribution < -0.4 is 5.73 Å². The van der Waals surface area contributed by atoms with E-state index in [4.69, 9.17) is 10.5 Å². The van der Waals surface area contributed by atoms with Crippen LogP contribution in [0.4, 0.5) is 13.6 Å². The molecule has 6 heteroatoms. The standard InChI is InChI=1S/C11H20F2N2O2/c1-10(2,3)17-9(16)15-7-11(12,13)6-8(15)4-5-14/h8H,4-7,14H2,1-3H3. The minimum Gasteiger partial charge on any atom is -0.444 e. The van der Waals surface area contributed by atoms with Gasteiger partial charge in [0.15, 0.2) is 0 Å². The molecule has 1 saturated heterocycles. The van der Waals surface area contributed by atoms with Gasteiger partial charge in [0, 0.05) is 12.5 Å². The molecule has 1 atom stereocenters. The molecule has 1 unspecified atom stereocenters. The molecule has 1 heterocycles. The Balaban J connectivity index is 2.70. The number of alkyl halides is 2. The summed E-state index contributed by atoms with van der Waals surface area (Å²) in [6.45, 7) is 4.82. The third kappa shape index (κ3) is 4.11. The highest BCUT2D eigenvalue weighted by atomic mass is 19.3. The maximum Gasteiger partial charge on any atom is 0.410 e. The van der Waals surface area contributed by atoms with Crippen LogP contribution in [0.3, 0.4) is 0 Å². The van der Waals surface area contributed by atoms with Crippen LogP contribution in [0.15, 0.2) is 0 Å². The average Bonchev–Trinajstić information content (AvgIpc) is 2.39. The molecule has 1 rings (SSSR count). The Hall–Kier alpha value is -0.910. The van der Waals surface area contributed by atoms with Crippen molar-refractivity contribution in [1.29, 1.82) is 0 Å². The molecule has 0 saturated carbocycles. The molecule has 0 radical (unpaired) electrons. The average molecular weight is 250 g/mol. The van der Waals surface area contributed by atoms with Crippen LogP contribution in [0.2, 0.25) is 0 Å². The van der Waals surface area contributed by atoms with E-state index in [2.05, 4.69) is 0 Å². The van der Waals surface area contributed by atoms with Gasteiger partial charge < -0.3 is 10.5 Å². The summed E-state index contributed by atoms with van der Waals surface area (Å²) < 4.78 is 31.6. The van der Waals surface area contributed by atoms with Gasteiger partial charge in [-0.05, 0) is 33.7 Å². The van der Waals surface area contributed by atoms with E-state index in [0.29, 0.717) is 6.42 Å². The molecule has 0 aromatic heterocycles. The Morgan fingerprint density at radius 3 is 2.59 bits per heavy atom. The molecule has 1 aliphatic rings. The number of rotatable bonds is 2. The van der Waals surface area contributed by atoms with Crippen molar-refractivity contribution in [3.05, 3.63) is 0 Å². The summed E-state index contributed by atoms with van der Waals surface area (Å²) in [4.78, 5) is 12.9. The molecular formula is C11H20F2N2O2. The lowest BCUT2D eigenvalue weighted by Crippen LogP contribution is -2.41. The van der Waals surface area contributed by atoms with Crippen molar-refractivity contribution >= 4 is 6.09 Å². The zero-order valence-electron chi connectivity index (χ0n) is 10.5. The second-order valence-corrected chi connectivity index (χ2v) is 5.40. The van der Waals surface area contributed by atoms with Gasteiger partial charge >= 0.3 is 6.09 Å². The van der Waals surface area contributed by atoms with Gasteiger partial charge in [0.25, 0.3) is 5.92 Å². The number of amides is 1. The van der Waals surface area contributed by atoms with E-state index in [0.717, 1.165) is 4.90 Å². The van der Waals surface area contributed by atoms with Crippen molar-refractivity contribution in [2.24, 2.45) is 5.73 Å². The summed E-state index contributed by atoms with van der Waals surface area (Å²) in [7, 11) is 0. The van der Waals surface area contributed by atoms with Gasteiger partial charge in [-0.15, -0.1) is 0 Å². The Morgan fingerprint density at radius 2 is 2.12 bits per heavy atom. The van der Waals surface area contributed by atoms with Gasteiger partial charge in [-0.3, -0.25) is 4.90 Å². The highest BCUT2D eigenvalue weighted by Gasteiger charge is 2.47. The van der Waals surface area contributed by atoms with E-state index >= 15 is 0 Å². The lowest BCUT2D eigenvalue weighted by atomic mass is 10.1. The molecule has 1 amide bonds. The van der Waals surface area contributed by atoms with Gasteiger partial charge in [0.05, 0.1) is 6.54 Å². The zero-order chi connectivity index (χ0) is 13.3. The third-order valence-corrected chi connectivity index (χ3v) is 2.50. The minimum absolute atomic E-state index is 0.278. The largest absolute Gasteiger partial charge is 0.444 e. The van der Waals surface area contributed by atoms with Crippen LogP contribution in [0, 0.1) is 0 Å². The Bertz CT molecular complexity index is 290. The van der Waals surface area contributed by atoms with E-state index < -0.39 is 30.2 Å². The molecule has 4 nitrogen and oxygen atoms in total. The molecule has 1 aliphatic heterocycles. The SMILES string of the molecule is CC(C)(C)OC(=O)N1CC(F)(F)CC1CCN. The number of halogens is 2. The molecule has 0 aromatic carbocycles. The van der Waals surface area contributed by atoms with E-state index in [9.17, 15) is 13.6 Å². The van der Waals surface area contributed by atoms with Crippen LogP contribution in [0.1, 0.15) is 33.6 Å². The Morgan fingerprint density at radius 1 is 1.53 bits per heavy atom. The highest BCUT2D eigenvalue weighted by Crippen LogP contribution is 2.34. The van der Waals surface area contributed by atoms with Crippen LogP contribution >= 0.6 is 0 Å². The maximum absolute atomic E-state index is 13.3. The van der Waals surface area contributed by atoms with Crippen molar-refractivity contribution in [3.63, 3.8) is 0 Å². The number of likely N-dealkylation sites (tertiary alicyclic amines) is 1. The van der Waals surface area contributed by atoms with Crippen LogP contribution in [0.25, 0.3) is 0 Å². The third-order valence-electron chi connectivity index (χ3n) is 2.50. The monoisotopic (exact) mass is 250 g/mol. The van der Waals surface area contributed by atoms with Crippen LogP contribution in [0.5, 0.6) is 0 Å². The zero-order valence-corrected chi connectivity index (χ0v) is 10.5. The maximum atomic E-state index is 13.3. The van der Waals surface area contributed by atoms with Crippen molar-refractivity contribution in [2.45, 2.75) is 51.2 Å². The first-order valence-electron chi connectivity index (χ1n) is 5.72.